The zero-order valence-electron chi connectivity index (χ0n) is 12.2. The van der Waals surface area contributed by atoms with Gasteiger partial charge in [0.25, 0.3) is 0 Å². The summed E-state index contributed by atoms with van der Waals surface area (Å²) in [6, 6.07) is 1.50. The lowest BCUT2D eigenvalue weighted by atomic mass is 9.68. The Bertz CT molecular complexity index is 593. The topological polar surface area (TPSA) is 76.0 Å². The first-order chi connectivity index (χ1) is 10.6. The van der Waals surface area contributed by atoms with Crippen LogP contribution in [-0.2, 0) is 10.2 Å². The van der Waals surface area contributed by atoms with Crippen molar-refractivity contribution in [2.75, 3.05) is 13.2 Å². The zero-order valence-corrected chi connectivity index (χ0v) is 13.0. The largest absolute Gasteiger partial charge is 0.506 e. The fraction of sp³-hybridized carbons (Fsp3) is 0.562. The van der Waals surface area contributed by atoms with Crippen molar-refractivity contribution < 1.29 is 24.5 Å². The van der Waals surface area contributed by atoms with E-state index in [0.717, 1.165) is 19.3 Å². The molecule has 2 N–H and O–H groups in total. The highest BCUT2D eigenvalue weighted by Crippen LogP contribution is 2.53. The molecule has 0 aromatic heterocycles. The Morgan fingerprint density at radius 1 is 1.14 bits per heavy atom. The first kappa shape index (κ1) is 15.3. The number of ether oxygens (including phenoxy) is 2. The van der Waals surface area contributed by atoms with Gasteiger partial charge in [0.05, 0.1) is 23.8 Å². The minimum atomic E-state index is -1.16. The maximum atomic E-state index is 12.1. The van der Waals surface area contributed by atoms with Crippen molar-refractivity contribution in [3.63, 3.8) is 0 Å². The summed E-state index contributed by atoms with van der Waals surface area (Å²) in [7, 11) is 0. The van der Waals surface area contributed by atoms with E-state index < -0.39 is 11.4 Å². The lowest BCUT2D eigenvalue weighted by Gasteiger charge is -2.35. The molecule has 1 saturated carbocycles. The molecule has 2 aliphatic rings. The fourth-order valence-electron chi connectivity index (χ4n) is 3.44. The predicted octanol–water partition coefficient (Wildman–Crippen LogP) is 3.49. The average molecular weight is 327 g/mol. The van der Waals surface area contributed by atoms with E-state index in [1.807, 2.05) is 0 Å². The summed E-state index contributed by atoms with van der Waals surface area (Å²) >= 11 is 6.11. The number of rotatable bonds is 2. The van der Waals surface area contributed by atoms with Crippen LogP contribution in [0.1, 0.15) is 44.1 Å². The summed E-state index contributed by atoms with van der Waals surface area (Å²) < 4.78 is 11.4. The third-order valence-corrected chi connectivity index (χ3v) is 4.85. The Morgan fingerprint density at radius 2 is 1.82 bits per heavy atom. The van der Waals surface area contributed by atoms with Gasteiger partial charge in [-0.25, -0.2) is 0 Å². The number of aliphatic carboxylic acids is 1. The van der Waals surface area contributed by atoms with Crippen LogP contribution in [0, 0.1) is 0 Å². The lowest BCUT2D eigenvalue weighted by Crippen LogP contribution is -2.38. The van der Waals surface area contributed by atoms with E-state index in [1.165, 1.54) is 6.07 Å². The highest BCUT2D eigenvalue weighted by Gasteiger charge is 2.47. The summed E-state index contributed by atoms with van der Waals surface area (Å²) in [6.07, 6.45) is 4.22. The highest BCUT2D eigenvalue weighted by molar-refractivity contribution is 6.32. The molecular formula is C16H19ClO5. The number of carbonyl (C=O) groups is 1. The smallest absolute Gasteiger partial charge is 0.314 e. The van der Waals surface area contributed by atoms with Crippen LogP contribution in [0.2, 0.25) is 5.02 Å². The molecule has 1 fully saturated rings. The number of fused-ring (bicyclic) bond motifs is 1. The molecule has 1 heterocycles. The van der Waals surface area contributed by atoms with Gasteiger partial charge in [0.1, 0.15) is 11.2 Å². The molecule has 0 saturated heterocycles. The van der Waals surface area contributed by atoms with Gasteiger partial charge in [0.15, 0.2) is 11.5 Å². The normalized spacial score (nSPS) is 20.2. The number of hydrogen-bond donors (Lipinski definition) is 2. The van der Waals surface area contributed by atoms with Crippen LogP contribution >= 0.6 is 11.6 Å². The molecule has 1 aromatic rings. The van der Waals surface area contributed by atoms with Gasteiger partial charge in [-0.05, 0) is 12.8 Å². The van der Waals surface area contributed by atoms with Gasteiger partial charge < -0.3 is 19.7 Å². The number of halogens is 1. The first-order valence-electron chi connectivity index (χ1n) is 7.61. The molecule has 22 heavy (non-hydrogen) atoms. The quantitative estimate of drug-likeness (QED) is 0.870. The monoisotopic (exact) mass is 326 g/mol. The van der Waals surface area contributed by atoms with E-state index in [-0.39, 0.29) is 16.3 Å². The highest BCUT2D eigenvalue weighted by atomic mass is 35.5. The molecule has 0 unspecified atom stereocenters. The van der Waals surface area contributed by atoms with Crippen molar-refractivity contribution in [3.8, 4) is 17.2 Å². The summed E-state index contributed by atoms with van der Waals surface area (Å²) in [6.45, 7) is 0.907. The number of phenolic OH excluding ortho intramolecular Hbond substituents is 1. The maximum Gasteiger partial charge on any atom is 0.314 e. The second-order valence-corrected chi connectivity index (χ2v) is 6.31. The van der Waals surface area contributed by atoms with E-state index >= 15 is 0 Å². The van der Waals surface area contributed by atoms with Gasteiger partial charge >= 0.3 is 5.97 Å². The van der Waals surface area contributed by atoms with E-state index in [9.17, 15) is 15.0 Å². The first-order valence-corrected chi connectivity index (χ1v) is 7.99. The van der Waals surface area contributed by atoms with Crippen LogP contribution in [0.25, 0.3) is 0 Å². The van der Waals surface area contributed by atoms with Crippen molar-refractivity contribution >= 4 is 17.6 Å². The predicted molar refractivity (Wildman–Crippen MR) is 81.1 cm³/mol. The molecule has 0 spiro atoms. The zero-order chi connectivity index (χ0) is 15.7. The lowest BCUT2D eigenvalue weighted by molar-refractivity contribution is -0.145. The molecule has 0 bridgehead atoms. The van der Waals surface area contributed by atoms with E-state index in [4.69, 9.17) is 21.1 Å². The molecule has 0 radical (unpaired) electrons. The van der Waals surface area contributed by atoms with Crippen LogP contribution in [0.5, 0.6) is 17.2 Å². The Hall–Kier alpha value is -1.62. The van der Waals surface area contributed by atoms with Gasteiger partial charge in [0.2, 0.25) is 0 Å². The van der Waals surface area contributed by atoms with E-state index in [2.05, 4.69) is 0 Å². The van der Waals surface area contributed by atoms with Crippen LogP contribution in [-0.4, -0.2) is 29.4 Å². The molecular weight excluding hydrogens is 308 g/mol. The second kappa shape index (κ2) is 5.88. The Kier molecular flexibility index (Phi) is 4.08. The van der Waals surface area contributed by atoms with Crippen LogP contribution in [0.15, 0.2) is 6.07 Å². The molecule has 0 amide bonds. The molecule has 3 rings (SSSR count). The standard InChI is InChI=1S/C16H19ClO5/c17-10-9-11-14(22-8-4-7-21-11)12(13(10)18)16(15(19)20)5-2-1-3-6-16/h9,18H,1-8H2,(H,19,20). The number of carboxylic acids is 1. The number of carboxylic acid groups (broad SMARTS) is 1. The van der Waals surface area contributed by atoms with Crippen molar-refractivity contribution in [1.82, 2.24) is 0 Å². The Morgan fingerprint density at radius 3 is 2.50 bits per heavy atom. The van der Waals surface area contributed by atoms with Gasteiger partial charge in [-0.2, -0.15) is 0 Å². The molecule has 5 nitrogen and oxygen atoms in total. The van der Waals surface area contributed by atoms with Crippen LogP contribution in [0.4, 0.5) is 0 Å². The summed E-state index contributed by atoms with van der Waals surface area (Å²) in [5.74, 6) is -0.389. The SMILES string of the molecule is O=C(O)C1(c2c(O)c(Cl)cc3c2OCCCO3)CCCCC1. The van der Waals surface area contributed by atoms with Crippen molar-refractivity contribution in [3.05, 3.63) is 16.7 Å². The second-order valence-electron chi connectivity index (χ2n) is 5.91. The molecule has 1 aliphatic heterocycles. The van der Waals surface area contributed by atoms with E-state index in [0.29, 0.717) is 44.0 Å². The summed E-state index contributed by atoms with van der Waals surface area (Å²) in [4.78, 5) is 12.1. The van der Waals surface area contributed by atoms with Gasteiger partial charge in [-0.15, -0.1) is 0 Å². The number of phenols is 1. The van der Waals surface area contributed by atoms with Crippen molar-refractivity contribution in [2.45, 2.75) is 43.9 Å². The number of hydrogen-bond acceptors (Lipinski definition) is 4. The molecule has 1 aliphatic carbocycles. The molecule has 1 aromatic carbocycles. The van der Waals surface area contributed by atoms with Crippen molar-refractivity contribution in [2.24, 2.45) is 0 Å². The average Bonchev–Trinajstić information content (AvgIpc) is 2.74. The third kappa shape index (κ3) is 2.37. The van der Waals surface area contributed by atoms with E-state index in [1.54, 1.807) is 0 Å². The van der Waals surface area contributed by atoms with Crippen molar-refractivity contribution in [1.29, 1.82) is 0 Å². The number of aromatic hydroxyl groups is 1. The van der Waals surface area contributed by atoms with Gasteiger partial charge in [-0.3, -0.25) is 4.79 Å². The Balaban J connectivity index is 2.23. The number of benzene rings is 1. The molecule has 0 atom stereocenters. The van der Waals surface area contributed by atoms with Gasteiger partial charge in [0, 0.05) is 12.5 Å². The Labute approximate surface area is 133 Å². The van der Waals surface area contributed by atoms with Crippen LogP contribution < -0.4 is 9.47 Å². The van der Waals surface area contributed by atoms with Crippen LogP contribution in [0.3, 0.4) is 0 Å². The minimum absolute atomic E-state index is 0.102. The molecule has 120 valence electrons. The minimum Gasteiger partial charge on any atom is -0.506 e. The summed E-state index contributed by atoms with van der Waals surface area (Å²) in [5, 5.41) is 20.5. The fourth-order valence-corrected chi connectivity index (χ4v) is 3.63. The molecule has 6 heteroatoms. The summed E-state index contributed by atoms with van der Waals surface area (Å²) in [5.41, 5.74) is -0.880. The third-order valence-electron chi connectivity index (χ3n) is 4.56. The van der Waals surface area contributed by atoms with Gasteiger partial charge in [-0.1, -0.05) is 30.9 Å². The maximum absolute atomic E-state index is 12.1.